The molecule has 216 valence electrons. The highest BCUT2D eigenvalue weighted by Crippen LogP contribution is 2.35. The predicted octanol–water partition coefficient (Wildman–Crippen LogP) is 6.77. The lowest BCUT2D eigenvalue weighted by Gasteiger charge is -2.23. The fourth-order valence-corrected chi connectivity index (χ4v) is 4.64. The summed E-state index contributed by atoms with van der Waals surface area (Å²) >= 11 is 0. The van der Waals surface area contributed by atoms with Crippen molar-refractivity contribution in [1.29, 1.82) is 0 Å². The maximum Gasteiger partial charge on any atom is 0.273 e. The number of hydrogen-bond donors (Lipinski definition) is 1. The van der Waals surface area contributed by atoms with Crippen molar-refractivity contribution in [3.63, 3.8) is 0 Å². The van der Waals surface area contributed by atoms with Gasteiger partial charge >= 0.3 is 0 Å². The van der Waals surface area contributed by atoms with Crippen LogP contribution in [0.3, 0.4) is 0 Å². The average molecular weight is 566 g/mol. The number of nitrogens with zero attached hydrogens (tertiary/aromatic N) is 4. The molecule has 7 nitrogen and oxygen atoms in total. The van der Waals surface area contributed by atoms with Gasteiger partial charge in [0.05, 0.1) is 30.7 Å². The molecule has 41 heavy (non-hydrogen) atoms. The van der Waals surface area contributed by atoms with Crippen LogP contribution in [-0.4, -0.2) is 49.0 Å². The first kappa shape index (κ1) is 29.6. The lowest BCUT2D eigenvalue weighted by molar-refractivity contribution is -0.127. The third-order valence-corrected chi connectivity index (χ3v) is 6.99. The number of fused-ring (bicyclic) bond motifs is 1. The topological polar surface area (TPSA) is 70.6 Å². The zero-order valence-corrected chi connectivity index (χ0v) is 24.2. The molecule has 0 spiro atoms. The van der Waals surface area contributed by atoms with Gasteiger partial charge in [-0.3, -0.25) is 4.79 Å². The van der Waals surface area contributed by atoms with Gasteiger partial charge in [0.2, 0.25) is 5.91 Å². The van der Waals surface area contributed by atoms with E-state index in [9.17, 15) is 13.6 Å². The lowest BCUT2D eigenvalue weighted by Crippen LogP contribution is -2.23. The largest absolute Gasteiger partial charge is 0.496 e. The molecule has 0 aliphatic carbocycles. The highest BCUT2D eigenvalue weighted by atomic mass is 19.3. The van der Waals surface area contributed by atoms with Crippen LogP contribution in [0.1, 0.15) is 42.4 Å². The summed E-state index contributed by atoms with van der Waals surface area (Å²) in [6, 6.07) is 14.7. The Hall–Kier alpha value is -4.34. The minimum atomic E-state index is -3.31. The monoisotopic (exact) mass is 565 g/mol. The van der Waals surface area contributed by atoms with E-state index in [1.165, 1.54) is 17.0 Å². The van der Waals surface area contributed by atoms with Crippen molar-refractivity contribution < 1.29 is 22.7 Å². The first-order valence-corrected chi connectivity index (χ1v) is 13.1. The van der Waals surface area contributed by atoms with Crippen molar-refractivity contribution in [3.05, 3.63) is 82.9 Å². The second-order valence-corrected chi connectivity index (χ2v) is 10.3. The van der Waals surface area contributed by atoms with Gasteiger partial charge in [-0.2, -0.15) is 0 Å². The van der Waals surface area contributed by atoms with Gasteiger partial charge in [-0.15, -0.1) is 0 Å². The highest BCUT2D eigenvalue weighted by Gasteiger charge is 2.30. The number of halogens is 3. The summed E-state index contributed by atoms with van der Waals surface area (Å²) in [7, 11) is 6.89. The Morgan fingerprint density at radius 2 is 1.73 bits per heavy atom. The molecular weight excluding hydrogens is 531 g/mol. The van der Waals surface area contributed by atoms with Gasteiger partial charge in [-0.25, -0.2) is 23.1 Å². The van der Waals surface area contributed by atoms with Crippen molar-refractivity contribution in [2.24, 2.45) is 0 Å². The number of hydrogen-bond acceptors (Lipinski definition) is 6. The van der Waals surface area contributed by atoms with Gasteiger partial charge in [-0.1, -0.05) is 18.2 Å². The number of nitrogens with one attached hydrogen (secondary N) is 1. The molecule has 4 aromatic rings. The number of anilines is 3. The summed E-state index contributed by atoms with van der Waals surface area (Å²) in [4.78, 5) is 25.0. The summed E-state index contributed by atoms with van der Waals surface area (Å²) in [5.74, 6) is -2.71. The molecule has 0 unspecified atom stereocenters. The summed E-state index contributed by atoms with van der Waals surface area (Å²) in [5, 5.41) is 3.89. The lowest BCUT2D eigenvalue weighted by atomic mass is 10.0. The van der Waals surface area contributed by atoms with E-state index >= 15 is 4.39 Å². The number of aryl methyl sites for hydroxylation is 1. The summed E-state index contributed by atoms with van der Waals surface area (Å²) in [6.07, 6.45) is 0.191. The summed E-state index contributed by atoms with van der Waals surface area (Å²) in [5.41, 5.74) is 2.54. The Morgan fingerprint density at radius 3 is 2.39 bits per heavy atom. The molecule has 0 aliphatic rings. The maximum absolute atomic E-state index is 15.1. The Kier molecular flexibility index (Phi) is 8.42. The number of benzene rings is 3. The third-order valence-electron chi connectivity index (χ3n) is 6.99. The van der Waals surface area contributed by atoms with Gasteiger partial charge < -0.3 is 19.9 Å². The van der Waals surface area contributed by atoms with E-state index in [1.54, 1.807) is 35.1 Å². The Balaban J connectivity index is 1.71. The van der Waals surface area contributed by atoms with Crippen molar-refractivity contribution in [3.8, 4) is 5.75 Å². The third kappa shape index (κ3) is 6.37. The van der Waals surface area contributed by atoms with E-state index in [2.05, 4.69) is 15.3 Å². The van der Waals surface area contributed by atoms with Crippen molar-refractivity contribution >= 4 is 34.0 Å². The molecule has 0 aliphatic heterocycles. The van der Waals surface area contributed by atoms with Gasteiger partial charge in [0.1, 0.15) is 23.2 Å². The number of amides is 1. The Labute approximate surface area is 238 Å². The van der Waals surface area contributed by atoms with Crippen LogP contribution < -0.4 is 15.0 Å². The van der Waals surface area contributed by atoms with E-state index in [0.29, 0.717) is 35.2 Å². The van der Waals surface area contributed by atoms with Crippen molar-refractivity contribution in [1.82, 2.24) is 14.9 Å². The first-order chi connectivity index (χ1) is 19.3. The smallest absolute Gasteiger partial charge is 0.273 e. The quantitative estimate of drug-likeness (QED) is 0.242. The normalized spacial score (nSPS) is 12.2. The number of rotatable bonds is 9. The van der Waals surface area contributed by atoms with Crippen LogP contribution in [0.2, 0.25) is 0 Å². The molecule has 0 saturated carbocycles. The number of alkyl halides is 2. The molecule has 10 heteroatoms. The molecule has 1 heterocycles. The number of ether oxygens (including phenoxy) is 1. The van der Waals surface area contributed by atoms with Gasteiger partial charge in [0, 0.05) is 56.0 Å². The van der Waals surface area contributed by atoms with Crippen LogP contribution in [0.25, 0.3) is 10.9 Å². The minimum absolute atomic E-state index is 0.0456. The summed E-state index contributed by atoms with van der Waals surface area (Å²) < 4.78 is 48.5. The van der Waals surface area contributed by atoms with E-state index in [1.807, 2.05) is 48.3 Å². The van der Waals surface area contributed by atoms with Crippen molar-refractivity contribution in [2.75, 3.05) is 38.5 Å². The Morgan fingerprint density at radius 1 is 1.05 bits per heavy atom. The van der Waals surface area contributed by atoms with E-state index in [4.69, 9.17) is 4.74 Å². The van der Waals surface area contributed by atoms with Gasteiger partial charge in [0.15, 0.2) is 0 Å². The minimum Gasteiger partial charge on any atom is -0.496 e. The molecule has 1 amide bonds. The van der Waals surface area contributed by atoms with Crippen molar-refractivity contribution in [2.45, 2.75) is 39.2 Å². The zero-order valence-electron chi connectivity index (χ0n) is 24.2. The summed E-state index contributed by atoms with van der Waals surface area (Å²) in [6.45, 7) is 4.13. The fourth-order valence-electron chi connectivity index (χ4n) is 4.64. The molecule has 0 saturated heterocycles. The predicted molar refractivity (Wildman–Crippen MR) is 156 cm³/mol. The number of likely N-dealkylation sites (N-methyl/N-ethyl adjacent to an activating group) is 1. The fraction of sp³-hybridized carbons (Fsp3) is 0.323. The molecule has 0 radical (unpaired) electrons. The molecule has 1 atom stereocenters. The zero-order chi connectivity index (χ0) is 30.1. The number of carbonyl (C=O) groups is 1. The average Bonchev–Trinajstić information content (AvgIpc) is 2.91. The van der Waals surface area contributed by atoms with Crippen LogP contribution in [0.5, 0.6) is 5.75 Å². The van der Waals surface area contributed by atoms with Crippen LogP contribution in [0.15, 0.2) is 54.6 Å². The van der Waals surface area contributed by atoms with Crippen LogP contribution in [0, 0.1) is 12.7 Å². The van der Waals surface area contributed by atoms with E-state index in [0.717, 1.165) is 23.0 Å². The number of carbonyl (C=O) groups excluding carboxylic acids is 1. The highest BCUT2D eigenvalue weighted by molar-refractivity contribution is 5.92. The van der Waals surface area contributed by atoms with Crippen LogP contribution >= 0.6 is 0 Å². The molecular formula is C31H34F3N5O2. The molecule has 1 aromatic heterocycles. The van der Waals surface area contributed by atoms with E-state index in [-0.39, 0.29) is 17.9 Å². The van der Waals surface area contributed by atoms with Crippen LogP contribution in [-0.2, 0) is 17.1 Å². The molecule has 3 aromatic carbocycles. The SMILES string of the molecule is COc1ccc(N(C)c2ccc3nc(C)nc(N[C@H](C)c4cccc(C(C)(F)F)c4F)c3c2)cc1CC(=O)N(C)C. The number of aromatic nitrogens is 2. The van der Waals surface area contributed by atoms with Gasteiger partial charge in [0.25, 0.3) is 5.92 Å². The standard InChI is InChI=1S/C31H34F3N5O2/c1-18(23-9-8-10-25(29(23)32)31(3,33)34)35-30-24-17-22(11-13-26(24)36-19(2)37-30)39(6)21-12-14-27(41-7)20(15-21)16-28(40)38(4)5/h8-15,17-18H,16H2,1-7H3,(H,35,36,37)/t18-/m1/s1. The van der Waals surface area contributed by atoms with E-state index < -0.39 is 23.3 Å². The Bertz CT molecular complexity index is 1590. The molecule has 0 bridgehead atoms. The second kappa shape index (κ2) is 11.6. The van der Waals surface area contributed by atoms with Crippen LogP contribution in [0.4, 0.5) is 30.4 Å². The first-order valence-electron chi connectivity index (χ1n) is 13.1. The number of methoxy groups -OCH3 is 1. The molecule has 4 rings (SSSR count). The molecule has 0 fully saturated rings. The second-order valence-electron chi connectivity index (χ2n) is 10.3. The molecule has 1 N–H and O–H groups in total. The van der Waals surface area contributed by atoms with Gasteiger partial charge in [-0.05, 0) is 50.2 Å². The maximum atomic E-state index is 15.1.